The van der Waals surface area contributed by atoms with Gasteiger partial charge in [0.2, 0.25) is 0 Å². The second-order valence-corrected chi connectivity index (χ2v) is 11.4. The van der Waals surface area contributed by atoms with E-state index in [1.54, 1.807) is 11.8 Å². The zero-order valence-corrected chi connectivity index (χ0v) is 25.3. The van der Waals surface area contributed by atoms with E-state index >= 15 is 0 Å². The van der Waals surface area contributed by atoms with Crippen molar-refractivity contribution in [2.45, 2.75) is 18.7 Å². The Bertz CT molecular complexity index is 1820. The van der Waals surface area contributed by atoms with E-state index in [4.69, 9.17) is 26.5 Å². The molecule has 0 spiro atoms. The van der Waals surface area contributed by atoms with Crippen molar-refractivity contribution in [3.05, 3.63) is 131 Å². The fraction of sp³-hybridized carbons (Fsp3) is 0.114. The minimum absolute atomic E-state index is 0.181. The van der Waals surface area contributed by atoms with Gasteiger partial charge >= 0.3 is 0 Å². The third-order valence-electron chi connectivity index (χ3n) is 6.96. The first-order valence-electron chi connectivity index (χ1n) is 14.0. The van der Waals surface area contributed by atoms with E-state index < -0.39 is 0 Å². The lowest BCUT2D eigenvalue weighted by atomic mass is 10.0. The number of aromatic nitrogens is 2. The number of halogens is 1. The summed E-state index contributed by atoms with van der Waals surface area (Å²) in [6, 6.07) is 33.2. The number of benzene rings is 4. The summed E-state index contributed by atoms with van der Waals surface area (Å²) in [6.45, 7) is 4.59. The number of carbonyl (C=O) groups excluding carboxylic acids is 1. The van der Waals surface area contributed by atoms with Crippen molar-refractivity contribution in [3.63, 3.8) is 0 Å². The largest absolute Gasteiger partial charge is 0.494 e. The van der Waals surface area contributed by atoms with Gasteiger partial charge in [-0.3, -0.25) is 4.79 Å². The third-order valence-corrected chi connectivity index (χ3v) is 8.23. The molecule has 0 aliphatic carbocycles. The summed E-state index contributed by atoms with van der Waals surface area (Å²) in [6.07, 6.45) is 3.88. The van der Waals surface area contributed by atoms with Gasteiger partial charge in [-0.15, -0.1) is 11.8 Å². The minimum Gasteiger partial charge on any atom is -0.494 e. The average Bonchev–Trinajstić information content (AvgIpc) is 3.60. The summed E-state index contributed by atoms with van der Waals surface area (Å²) >= 11 is 7.70. The SMILES string of the molecule is CCOc1ccc(-c2nn(-c3ccccc3)cc2C=C2C(=O)N(c3ccccc3)N=C2CSc2ccc(Cl)cc2)cc1C. The molecule has 0 saturated carbocycles. The zero-order chi connectivity index (χ0) is 29.8. The van der Waals surface area contributed by atoms with Gasteiger partial charge in [0.25, 0.3) is 5.91 Å². The molecule has 1 amide bonds. The lowest BCUT2D eigenvalue weighted by Crippen LogP contribution is -2.21. The monoisotopic (exact) mass is 604 g/mol. The van der Waals surface area contributed by atoms with Gasteiger partial charge in [-0.25, -0.2) is 4.68 Å². The standard InChI is InChI=1S/C35H29ClN4O2S/c1-3-42-33-19-14-25(20-24(33)2)34-26(22-39(38-34)28-10-6-4-7-11-28)21-31-32(23-43-30-17-15-27(36)16-18-30)37-40(35(31)41)29-12-8-5-9-13-29/h4-22H,3,23H2,1-2H3. The number of hydrogen-bond acceptors (Lipinski definition) is 5. The first kappa shape index (κ1) is 28.5. The van der Waals surface area contributed by atoms with E-state index in [0.717, 1.165) is 38.7 Å². The van der Waals surface area contributed by atoms with Crippen LogP contribution >= 0.6 is 23.4 Å². The summed E-state index contributed by atoms with van der Waals surface area (Å²) in [5.74, 6) is 1.17. The Kier molecular flexibility index (Phi) is 8.45. The van der Waals surface area contributed by atoms with Crippen LogP contribution in [0.4, 0.5) is 5.69 Å². The number of para-hydroxylation sites is 2. The second-order valence-electron chi connectivity index (χ2n) is 9.93. The number of aryl methyl sites for hydroxylation is 1. The van der Waals surface area contributed by atoms with Crippen molar-refractivity contribution in [2.75, 3.05) is 17.4 Å². The Balaban J connectivity index is 1.44. The van der Waals surface area contributed by atoms with E-state index in [0.29, 0.717) is 34.4 Å². The van der Waals surface area contributed by atoms with Crippen molar-refractivity contribution in [3.8, 4) is 22.7 Å². The molecule has 8 heteroatoms. The first-order valence-corrected chi connectivity index (χ1v) is 15.3. The van der Waals surface area contributed by atoms with Gasteiger partial charge in [0.15, 0.2) is 0 Å². The van der Waals surface area contributed by atoms with Crippen LogP contribution in [-0.2, 0) is 4.79 Å². The van der Waals surface area contributed by atoms with Gasteiger partial charge in [0, 0.05) is 33.0 Å². The van der Waals surface area contributed by atoms with E-state index in [1.165, 1.54) is 5.01 Å². The molecule has 2 heterocycles. The van der Waals surface area contributed by atoms with E-state index in [9.17, 15) is 4.79 Å². The maximum atomic E-state index is 13.9. The molecular formula is C35H29ClN4O2S. The molecule has 43 heavy (non-hydrogen) atoms. The number of ether oxygens (including phenoxy) is 1. The zero-order valence-electron chi connectivity index (χ0n) is 23.8. The fourth-order valence-electron chi connectivity index (χ4n) is 4.84. The molecule has 0 bridgehead atoms. The number of amides is 1. The van der Waals surface area contributed by atoms with Crippen LogP contribution in [0.3, 0.4) is 0 Å². The Morgan fingerprint density at radius 2 is 1.60 bits per heavy atom. The number of hydrogen-bond donors (Lipinski definition) is 0. The molecule has 1 aliphatic rings. The average molecular weight is 605 g/mol. The molecule has 6 nitrogen and oxygen atoms in total. The second kappa shape index (κ2) is 12.7. The minimum atomic E-state index is -0.181. The van der Waals surface area contributed by atoms with Gasteiger partial charge in [-0.1, -0.05) is 48.0 Å². The van der Waals surface area contributed by atoms with Crippen LogP contribution < -0.4 is 9.75 Å². The quantitative estimate of drug-likeness (QED) is 0.125. The fourth-order valence-corrected chi connectivity index (χ4v) is 5.81. The summed E-state index contributed by atoms with van der Waals surface area (Å²) in [7, 11) is 0. The molecule has 1 aliphatic heterocycles. The van der Waals surface area contributed by atoms with Crippen molar-refractivity contribution < 1.29 is 9.53 Å². The van der Waals surface area contributed by atoms with Gasteiger partial charge in [0.05, 0.1) is 35.0 Å². The van der Waals surface area contributed by atoms with Crippen LogP contribution in [-0.4, -0.2) is 33.8 Å². The number of hydrazone groups is 1. The van der Waals surface area contributed by atoms with Crippen LogP contribution in [0.25, 0.3) is 23.0 Å². The number of anilines is 1. The Morgan fingerprint density at radius 1 is 0.907 bits per heavy atom. The molecule has 214 valence electrons. The van der Waals surface area contributed by atoms with Crippen LogP contribution in [0.1, 0.15) is 18.1 Å². The summed E-state index contributed by atoms with van der Waals surface area (Å²) in [5.41, 5.74) is 6.38. The molecule has 0 fully saturated rings. The molecule has 0 unspecified atom stereocenters. The maximum Gasteiger partial charge on any atom is 0.280 e. The van der Waals surface area contributed by atoms with Crippen LogP contribution in [0.15, 0.2) is 125 Å². The molecule has 5 aromatic rings. The van der Waals surface area contributed by atoms with Gasteiger partial charge in [0.1, 0.15) is 5.75 Å². The molecule has 0 N–H and O–H groups in total. The Morgan fingerprint density at radius 3 is 2.28 bits per heavy atom. The molecule has 4 aromatic carbocycles. The normalized spacial score (nSPS) is 13.9. The van der Waals surface area contributed by atoms with Crippen LogP contribution in [0.5, 0.6) is 5.75 Å². The first-order chi connectivity index (χ1) is 21.0. The van der Waals surface area contributed by atoms with Crippen molar-refractivity contribution >= 4 is 46.7 Å². The predicted octanol–water partition coefficient (Wildman–Crippen LogP) is 8.48. The molecule has 6 rings (SSSR count). The highest BCUT2D eigenvalue weighted by Crippen LogP contribution is 2.33. The van der Waals surface area contributed by atoms with Crippen LogP contribution in [0, 0.1) is 6.92 Å². The number of nitrogens with zero attached hydrogens (tertiary/aromatic N) is 4. The highest BCUT2D eigenvalue weighted by atomic mass is 35.5. The number of thioether (sulfide) groups is 1. The van der Waals surface area contributed by atoms with Crippen molar-refractivity contribution in [1.29, 1.82) is 0 Å². The van der Waals surface area contributed by atoms with Crippen molar-refractivity contribution in [1.82, 2.24) is 9.78 Å². The van der Waals surface area contributed by atoms with E-state index in [2.05, 4.69) is 6.07 Å². The number of carbonyl (C=O) groups is 1. The van der Waals surface area contributed by atoms with Gasteiger partial charge in [-0.2, -0.15) is 15.2 Å². The summed E-state index contributed by atoms with van der Waals surface area (Å²) < 4.78 is 7.63. The maximum absolute atomic E-state index is 13.9. The number of rotatable bonds is 9. The van der Waals surface area contributed by atoms with E-state index in [-0.39, 0.29) is 5.91 Å². The topological polar surface area (TPSA) is 59.7 Å². The highest BCUT2D eigenvalue weighted by Gasteiger charge is 2.31. The predicted molar refractivity (Wildman–Crippen MR) is 176 cm³/mol. The van der Waals surface area contributed by atoms with Gasteiger partial charge < -0.3 is 4.74 Å². The molecule has 0 atom stereocenters. The summed E-state index contributed by atoms with van der Waals surface area (Å²) in [5, 5.41) is 12.0. The third kappa shape index (κ3) is 6.28. The van der Waals surface area contributed by atoms with Crippen molar-refractivity contribution in [2.24, 2.45) is 5.10 Å². The lowest BCUT2D eigenvalue weighted by Gasteiger charge is -2.11. The van der Waals surface area contributed by atoms with Gasteiger partial charge in [-0.05, 0) is 92.2 Å². The summed E-state index contributed by atoms with van der Waals surface area (Å²) in [4.78, 5) is 15.0. The lowest BCUT2D eigenvalue weighted by molar-refractivity contribution is -0.114. The molecular weight excluding hydrogens is 576 g/mol. The molecule has 0 saturated heterocycles. The molecule has 1 aromatic heterocycles. The molecule has 0 radical (unpaired) electrons. The Hall–Kier alpha value is -4.59. The smallest absolute Gasteiger partial charge is 0.280 e. The Labute approximate surface area is 260 Å². The van der Waals surface area contributed by atoms with E-state index in [1.807, 2.05) is 128 Å². The highest BCUT2D eigenvalue weighted by molar-refractivity contribution is 8.00. The van der Waals surface area contributed by atoms with Crippen LogP contribution in [0.2, 0.25) is 5.02 Å².